The number of ether oxygens (including phenoxy) is 1. The summed E-state index contributed by atoms with van der Waals surface area (Å²) in [7, 11) is 0. The Morgan fingerprint density at radius 2 is 1.87 bits per heavy atom. The van der Waals surface area contributed by atoms with Crippen LogP contribution < -0.4 is 10.1 Å². The van der Waals surface area contributed by atoms with E-state index in [0.717, 1.165) is 38.9 Å². The van der Waals surface area contributed by atoms with Crippen molar-refractivity contribution in [2.24, 2.45) is 0 Å². The van der Waals surface area contributed by atoms with Crippen LogP contribution in [-0.2, 0) is 10.3 Å². The fraction of sp³-hybridized carbons (Fsp3) is 0.636. The quantitative estimate of drug-likeness (QED) is 0.527. The first-order valence-corrected chi connectivity index (χ1v) is 10.7. The van der Waals surface area contributed by atoms with Crippen molar-refractivity contribution in [2.75, 3.05) is 26.2 Å². The molecule has 2 fully saturated rings. The Morgan fingerprint density at radius 3 is 2.58 bits per heavy atom. The number of unbranched alkanes of at least 4 members (excludes halogenated alkanes) is 1. The Balaban J connectivity index is 0.00000272. The lowest BCUT2D eigenvalue weighted by atomic mass is 9.77. The number of aliphatic hydroxyl groups is 1. The molecule has 3 aliphatic rings. The van der Waals surface area contributed by atoms with Gasteiger partial charge in [0.2, 0.25) is 0 Å². The molecule has 7 nitrogen and oxygen atoms in total. The fourth-order valence-electron chi connectivity index (χ4n) is 4.87. The SMILES string of the molecule is CC1(C)CC2(NC(=O)N(CCCCN3CCC(O)CC3)C2=O)c2cc(F)ccc2O1.Cl. The van der Waals surface area contributed by atoms with E-state index < -0.39 is 23.0 Å². The van der Waals surface area contributed by atoms with Gasteiger partial charge in [-0.1, -0.05) is 0 Å². The number of hydrogen-bond donors (Lipinski definition) is 2. The predicted molar refractivity (Wildman–Crippen MR) is 116 cm³/mol. The number of urea groups is 1. The standard InChI is InChI=1S/C22H30FN3O4.ClH/c1-21(2)14-22(17-13-15(23)5-6-18(17)30-21)19(28)26(20(29)24-22)10-4-3-9-25-11-7-16(27)8-12-25;/h5-6,13,16,27H,3-4,7-12,14H2,1-2H3,(H,24,29);1H. The van der Waals surface area contributed by atoms with E-state index in [1.54, 1.807) is 0 Å². The lowest BCUT2D eigenvalue weighted by Gasteiger charge is -2.42. The summed E-state index contributed by atoms with van der Waals surface area (Å²) in [5, 5.41) is 12.5. The number of piperidine rings is 1. The first-order valence-electron chi connectivity index (χ1n) is 10.7. The van der Waals surface area contributed by atoms with Gasteiger partial charge in [-0.2, -0.15) is 0 Å². The summed E-state index contributed by atoms with van der Waals surface area (Å²) in [6.07, 6.45) is 3.20. The van der Waals surface area contributed by atoms with E-state index in [4.69, 9.17) is 4.74 Å². The number of benzene rings is 1. The molecule has 31 heavy (non-hydrogen) atoms. The van der Waals surface area contributed by atoms with Crippen molar-refractivity contribution in [1.82, 2.24) is 15.1 Å². The molecule has 1 aromatic carbocycles. The van der Waals surface area contributed by atoms with Crippen LogP contribution in [-0.4, -0.2) is 64.7 Å². The number of likely N-dealkylation sites (tertiary alicyclic amines) is 1. The summed E-state index contributed by atoms with van der Waals surface area (Å²) < 4.78 is 19.9. The second-order valence-electron chi connectivity index (χ2n) is 9.25. The van der Waals surface area contributed by atoms with Crippen LogP contribution in [0.3, 0.4) is 0 Å². The average Bonchev–Trinajstić information content (AvgIpc) is 2.91. The Hall–Kier alpha value is -1.90. The normalized spacial score (nSPS) is 25.7. The predicted octanol–water partition coefficient (Wildman–Crippen LogP) is 2.79. The minimum absolute atomic E-state index is 0. The van der Waals surface area contributed by atoms with Gasteiger partial charge in [0.25, 0.3) is 5.91 Å². The molecule has 1 aromatic rings. The third-order valence-corrected chi connectivity index (χ3v) is 6.32. The molecule has 0 saturated carbocycles. The number of aliphatic hydroxyl groups excluding tert-OH is 1. The van der Waals surface area contributed by atoms with E-state index in [-0.39, 0.29) is 30.8 Å². The second kappa shape index (κ2) is 8.92. The van der Waals surface area contributed by atoms with Crippen molar-refractivity contribution in [2.45, 2.75) is 63.2 Å². The van der Waals surface area contributed by atoms with Crippen LogP contribution in [0.15, 0.2) is 18.2 Å². The second-order valence-corrected chi connectivity index (χ2v) is 9.25. The van der Waals surface area contributed by atoms with Crippen LogP contribution in [0.5, 0.6) is 5.75 Å². The van der Waals surface area contributed by atoms with Crippen LogP contribution in [0.25, 0.3) is 0 Å². The molecule has 0 aliphatic carbocycles. The van der Waals surface area contributed by atoms with Gasteiger partial charge in [0, 0.05) is 31.6 Å². The molecule has 9 heteroatoms. The molecule has 2 N–H and O–H groups in total. The fourth-order valence-corrected chi connectivity index (χ4v) is 4.87. The van der Waals surface area contributed by atoms with Crippen LogP contribution in [0.2, 0.25) is 0 Å². The molecule has 172 valence electrons. The molecule has 2 saturated heterocycles. The Labute approximate surface area is 188 Å². The molecular weight excluding hydrogens is 425 g/mol. The van der Waals surface area contributed by atoms with Gasteiger partial charge in [-0.3, -0.25) is 9.69 Å². The molecule has 0 aromatic heterocycles. The molecule has 4 rings (SSSR count). The number of imide groups is 1. The smallest absolute Gasteiger partial charge is 0.325 e. The molecule has 1 atom stereocenters. The minimum atomic E-state index is -1.29. The summed E-state index contributed by atoms with van der Waals surface area (Å²) in [4.78, 5) is 29.7. The number of carbonyl (C=O) groups is 2. The van der Waals surface area contributed by atoms with E-state index in [1.165, 1.54) is 23.1 Å². The van der Waals surface area contributed by atoms with E-state index in [1.807, 2.05) is 13.8 Å². The van der Waals surface area contributed by atoms with Gasteiger partial charge in [0.15, 0.2) is 5.54 Å². The molecule has 1 unspecified atom stereocenters. The molecule has 3 heterocycles. The van der Waals surface area contributed by atoms with E-state index in [0.29, 0.717) is 24.3 Å². The number of nitrogens with zero attached hydrogens (tertiary/aromatic N) is 2. The summed E-state index contributed by atoms with van der Waals surface area (Å²) in [6, 6.07) is 3.67. The summed E-state index contributed by atoms with van der Waals surface area (Å²) in [5.41, 5.74) is -1.59. The molecular formula is C22H31ClFN3O4. The van der Waals surface area contributed by atoms with Gasteiger partial charge in [0.1, 0.15) is 17.2 Å². The maximum atomic E-state index is 14.0. The van der Waals surface area contributed by atoms with E-state index in [2.05, 4.69) is 10.2 Å². The zero-order valence-electron chi connectivity index (χ0n) is 18.0. The number of rotatable bonds is 5. The third kappa shape index (κ3) is 4.66. The molecule has 0 radical (unpaired) electrons. The van der Waals surface area contributed by atoms with Crippen LogP contribution in [0, 0.1) is 5.82 Å². The monoisotopic (exact) mass is 455 g/mol. The van der Waals surface area contributed by atoms with Crippen molar-refractivity contribution in [3.8, 4) is 5.75 Å². The topological polar surface area (TPSA) is 82.1 Å². The molecule has 3 amide bonds. The zero-order valence-corrected chi connectivity index (χ0v) is 18.8. The lowest BCUT2D eigenvalue weighted by molar-refractivity contribution is -0.134. The molecule has 3 aliphatic heterocycles. The Kier molecular flexibility index (Phi) is 6.84. The first kappa shape index (κ1) is 23.8. The highest BCUT2D eigenvalue weighted by atomic mass is 35.5. The minimum Gasteiger partial charge on any atom is -0.487 e. The highest BCUT2D eigenvalue weighted by Crippen LogP contribution is 2.46. The van der Waals surface area contributed by atoms with Crippen LogP contribution in [0.1, 0.15) is 51.5 Å². The van der Waals surface area contributed by atoms with Gasteiger partial charge < -0.3 is 20.1 Å². The van der Waals surface area contributed by atoms with Crippen molar-refractivity contribution >= 4 is 24.3 Å². The van der Waals surface area contributed by atoms with Crippen LogP contribution in [0.4, 0.5) is 9.18 Å². The van der Waals surface area contributed by atoms with Crippen molar-refractivity contribution in [3.05, 3.63) is 29.6 Å². The average molecular weight is 456 g/mol. The first-order chi connectivity index (χ1) is 14.2. The van der Waals surface area contributed by atoms with Crippen molar-refractivity contribution in [1.29, 1.82) is 0 Å². The number of halogens is 2. The number of nitrogens with one attached hydrogen (secondary N) is 1. The van der Waals surface area contributed by atoms with Crippen molar-refractivity contribution in [3.63, 3.8) is 0 Å². The Morgan fingerprint density at radius 1 is 1.19 bits per heavy atom. The number of hydrogen-bond acceptors (Lipinski definition) is 5. The highest BCUT2D eigenvalue weighted by Gasteiger charge is 2.58. The van der Waals surface area contributed by atoms with E-state index in [9.17, 15) is 19.1 Å². The highest BCUT2D eigenvalue weighted by molar-refractivity contribution is 6.08. The summed E-state index contributed by atoms with van der Waals surface area (Å²) in [6.45, 7) is 6.69. The number of amides is 3. The third-order valence-electron chi connectivity index (χ3n) is 6.32. The lowest BCUT2D eigenvalue weighted by Crippen LogP contribution is -2.53. The van der Waals surface area contributed by atoms with Gasteiger partial charge in [-0.25, -0.2) is 9.18 Å². The van der Waals surface area contributed by atoms with E-state index >= 15 is 0 Å². The Bertz CT molecular complexity index is 844. The maximum absolute atomic E-state index is 14.0. The summed E-state index contributed by atoms with van der Waals surface area (Å²) in [5.74, 6) is -0.379. The zero-order chi connectivity index (χ0) is 21.5. The number of carbonyl (C=O) groups excluding carboxylic acids is 2. The van der Waals surface area contributed by atoms with Gasteiger partial charge in [-0.05, 0) is 64.3 Å². The molecule has 1 spiro atoms. The largest absolute Gasteiger partial charge is 0.487 e. The molecule has 0 bridgehead atoms. The summed E-state index contributed by atoms with van der Waals surface area (Å²) >= 11 is 0. The van der Waals surface area contributed by atoms with Gasteiger partial charge >= 0.3 is 6.03 Å². The van der Waals surface area contributed by atoms with Gasteiger partial charge in [0.05, 0.1) is 6.10 Å². The van der Waals surface area contributed by atoms with Crippen LogP contribution >= 0.6 is 12.4 Å². The number of fused-ring (bicyclic) bond motifs is 2. The van der Waals surface area contributed by atoms with Crippen molar-refractivity contribution < 1.29 is 23.8 Å². The van der Waals surface area contributed by atoms with Gasteiger partial charge in [-0.15, -0.1) is 12.4 Å². The maximum Gasteiger partial charge on any atom is 0.325 e.